The first-order chi connectivity index (χ1) is 9.20. The van der Waals surface area contributed by atoms with Gasteiger partial charge in [-0.25, -0.2) is 0 Å². The normalized spacial score (nSPS) is 20.9. The molecule has 1 atom stereocenters. The first-order valence-corrected chi connectivity index (χ1v) is 7.36. The summed E-state index contributed by atoms with van der Waals surface area (Å²) < 4.78 is 0. The number of rotatable bonds is 5. The van der Waals surface area contributed by atoms with Crippen LogP contribution in [-0.4, -0.2) is 49.6 Å². The zero-order chi connectivity index (χ0) is 13.7. The largest absolute Gasteiger partial charge is 0.330 e. The molecule has 2 rings (SSSR count). The van der Waals surface area contributed by atoms with Gasteiger partial charge in [0.2, 0.25) is 0 Å². The molecule has 1 aromatic rings. The Bertz CT molecular complexity index is 389. The van der Waals surface area contributed by atoms with E-state index in [4.69, 9.17) is 5.73 Å². The van der Waals surface area contributed by atoms with Gasteiger partial charge in [-0.2, -0.15) is 0 Å². The third-order valence-electron chi connectivity index (χ3n) is 4.14. The topological polar surface area (TPSA) is 32.5 Å². The Morgan fingerprint density at radius 3 is 2.68 bits per heavy atom. The summed E-state index contributed by atoms with van der Waals surface area (Å²) in [6, 6.07) is 9.44. The maximum Gasteiger partial charge on any atom is 0.0237 e. The molecule has 3 nitrogen and oxygen atoms in total. The van der Waals surface area contributed by atoms with Crippen LogP contribution in [0.5, 0.6) is 0 Å². The first-order valence-electron chi connectivity index (χ1n) is 7.36. The Labute approximate surface area is 117 Å². The van der Waals surface area contributed by atoms with Crippen molar-refractivity contribution in [2.45, 2.75) is 31.8 Å². The number of nitrogens with zero attached hydrogens (tertiary/aromatic N) is 2. The number of hydrogen-bond acceptors (Lipinski definition) is 3. The Morgan fingerprint density at radius 2 is 2.00 bits per heavy atom. The van der Waals surface area contributed by atoms with Gasteiger partial charge in [0.15, 0.2) is 0 Å². The summed E-state index contributed by atoms with van der Waals surface area (Å²) in [7, 11) is 4.38. The molecule has 106 valence electrons. The van der Waals surface area contributed by atoms with E-state index in [0.717, 1.165) is 19.5 Å². The van der Waals surface area contributed by atoms with Gasteiger partial charge < -0.3 is 10.6 Å². The van der Waals surface area contributed by atoms with Crippen LogP contribution < -0.4 is 5.73 Å². The molecule has 0 spiro atoms. The zero-order valence-corrected chi connectivity index (χ0v) is 12.3. The summed E-state index contributed by atoms with van der Waals surface area (Å²) in [5.74, 6) is 0. The molecule has 3 heteroatoms. The van der Waals surface area contributed by atoms with Gasteiger partial charge in [0.1, 0.15) is 0 Å². The number of likely N-dealkylation sites (N-methyl/N-ethyl adjacent to an activating group) is 1. The molecular formula is C16H27N3. The second-order valence-corrected chi connectivity index (χ2v) is 5.80. The highest BCUT2D eigenvalue weighted by Crippen LogP contribution is 2.18. The molecule has 1 fully saturated rings. The molecule has 1 aliphatic heterocycles. The minimum Gasteiger partial charge on any atom is -0.330 e. The Morgan fingerprint density at radius 1 is 1.26 bits per heavy atom. The van der Waals surface area contributed by atoms with Crippen LogP contribution in [0.2, 0.25) is 0 Å². The lowest BCUT2D eigenvalue weighted by Gasteiger charge is -2.36. The molecule has 0 bridgehead atoms. The van der Waals surface area contributed by atoms with Gasteiger partial charge in [-0.3, -0.25) is 4.90 Å². The van der Waals surface area contributed by atoms with Gasteiger partial charge in [0, 0.05) is 19.1 Å². The standard InChI is InChI=1S/C16H27N3/c1-18(2)16-8-5-11-19(13-16)12-15-7-4-3-6-14(15)9-10-17/h3-4,6-7,16H,5,8-13,17H2,1-2H3. The minimum atomic E-state index is 0.704. The molecular weight excluding hydrogens is 234 g/mol. The highest BCUT2D eigenvalue weighted by atomic mass is 15.2. The Kier molecular flexibility index (Phi) is 5.37. The average molecular weight is 261 g/mol. The first kappa shape index (κ1) is 14.5. The van der Waals surface area contributed by atoms with Crippen molar-refractivity contribution in [3.8, 4) is 0 Å². The van der Waals surface area contributed by atoms with E-state index in [2.05, 4.69) is 48.2 Å². The Hall–Kier alpha value is -0.900. The van der Waals surface area contributed by atoms with Crippen molar-refractivity contribution < 1.29 is 0 Å². The van der Waals surface area contributed by atoms with Crippen molar-refractivity contribution in [3.05, 3.63) is 35.4 Å². The van der Waals surface area contributed by atoms with Crippen LogP contribution in [0.3, 0.4) is 0 Å². The molecule has 1 unspecified atom stereocenters. The van der Waals surface area contributed by atoms with E-state index in [1.54, 1.807) is 0 Å². The molecule has 1 saturated heterocycles. The van der Waals surface area contributed by atoms with Crippen LogP contribution in [0.4, 0.5) is 0 Å². The fourth-order valence-electron chi connectivity index (χ4n) is 2.95. The molecule has 0 aromatic heterocycles. The van der Waals surface area contributed by atoms with Crippen LogP contribution in [0.15, 0.2) is 24.3 Å². The van der Waals surface area contributed by atoms with E-state index < -0.39 is 0 Å². The van der Waals surface area contributed by atoms with Crippen molar-refractivity contribution in [2.75, 3.05) is 33.7 Å². The van der Waals surface area contributed by atoms with Gasteiger partial charge in [-0.15, -0.1) is 0 Å². The maximum absolute atomic E-state index is 5.70. The fourth-order valence-corrected chi connectivity index (χ4v) is 2.95. The summed E-state index contributed by atoms with van der Waals surface area (Å²) in [4.78, 5) is 4.95. The lowest BCUT2D eigenvalue weighted by atomic mass is 10.0. The van der Waals surface area contributed by atoms with E-state index in [0.29, 0.717) is 6.04 Å². The van der Waals surface area contributed by atoms with Crippen LogP contribution >= 0.6 is 0 Å². The fraction of sp³-hybridized carbons (Fsp3) is 0.625. The van der Waals surface area contributed by atoms with Crippen molar-refractivity contribution in [2.24, 2.45) is 5.73 Å². The third-order valence-corrected chi connectivity index (χ3v) is 4.14. The maximum atomic E-state index is 5.70. The predicted molar refractivity (Wildman–Crippen MR) is 81.2 cm³/mol. The van der Waals surface area contributed by atoms with E-state index >= 15 is 0 Å². The van der Waals surface area contributed by atoms with Crippen molar-refractivity contribution in [3.63, 3.8) is 0 Å². The average Bonchev–Trinajstić information content (AvgIpc) is 2.41. The number of benzene rings is 1. The van der Waals surface area contributed by atoms with Crippen molar-refractivity contribution >= 4 is 0 Å². The molecule has 1 aromatic carbocycles. The predicted octanol–water partition coefficient (Wildman–Crippen LogP) is 1.71. The molecule has 0 saturated carbocycles. The number of likely N-dealkylation sites (tertiary alicyclic amines) is 1. The van der Waals surface area contributed by atoms with E-state index in [1.165, 1.54) is 37.1 Å². The van der Waals surface area contributed by atoms with Gasteiger partial charge in [-0.05, 0) is 57.6 Å². The molecule has 0 radical (unpaired) electrons. The highest BCUT2D eigenvalue weighted by molar-refractivity contribution is 5.27. The molecule has 19 heavy (non-hydrogen) atoms. The smallest absolute Gasteiger partial charge is 0.0237 e. The van der Waals surface area contributed by atoms with E-state index in [9.17, 15) is 0 Å². The van der Waals surface area contributed by atoms with Gasteiger partial charge in [-0.1, -0.05) is 24.3 Å². The molecule has 0 amide bonds. The quantitative estimate of drug-likeness (QED) is 0.876. The summed E-state index contributed by atoms with van der Waals surface area (Å²) in [6.45, 7) is 4.21. The highest BCUT2D eigenvalue weighted by Gasteiger charge is 2.21. The lowest BCUT2D eigenvalue weighted by Crippen LogP contribution is -2.44. The summed E-state index contributed by atoms with van der Waals surface area (Å²) >= 11 is 0. The van der Waals surface area contributed by atoms with Gasteiger partial charge in [0.05, 0.1) is 0 Å². The summed E-state index contributed by atoms with van der Waals surface area (Å²) in [6.07, 6.45) is 3.62. The number of hydrogen-bond donors (Lipinski definition) is 1. The lowest BCUT2D eigenvalue weighted by molar-refractivity contribution is 0.127. The van der Waals surface area contributed by atoms with Crippen LogP contribution in [0.25, 0.3) is 0 Å². The van der Waals surface area contributed by atoms with Crippen molar-refractivity contribution in [1.82, 2.24) is 9.80 Å². The van der Waals surface area contributed by atoms with E-state index in [1.807, 2.05) is 0 Å². The van der Waals surface area contributed by atoms with Crippen LogP contribution in [-0.2, 0) is 13.0 Å². The Balaban J connectivity index is 2.00. The monoisotopic (exact) mass is 261 g/mol. The van der Waals surface area contributed by atoms with Crippen LogP contribution in [0.1, 0.15) is 24.0 Å². The molecule has 1 aliphatic rings. The van der Waals surface area contributed by atoms with Gasteiger partial charge >= 0.3 is 0 Å². The third kappa shape index (κ3) is 4.03. The SMILES string of the molecule is CN(C)C1CCCN(Cc2ccccc2CCN)C1. The molecule has 1 heterocycles. The van der Waals surface area contributed by atoms with Crippen LogP contribution in [0, 0.1) is 0 Å². The van der Waals surface area contributed by atoms with Crippen molar-refractivity contribution in [1.29, 1.82) is 0 Å². The molecule has 2 N–H and O–H groups in total. The van der Waals surface area contributed by atoms with E-state index in [-0.39, 0.29) is 0 Å². The minimum absolute atomic E-state index is 0.704. The summed E-state index contributed by atoms with van der Waals surface area (Å²) in [5, 5.41) is 0. The van der Waals surface area contributed by atoms with Gasteiger partial charge in [0.25, 0.3) is 0 Å². The number of piperidine rings is 1. The number of nitrogens with two attached hydrogens (primary N) is 1. The second kappa shape index (κ2) is 7.04. The zero-order valence-electron chi connectivity index (χ0n) is 12.3. The molecule has 0 aliphatic carbocycles. The second-order valence-electron chi connectivity index (χ2n) is 5.80. The summed E-state index contributed by atoms with van der Waals surface area (Å²) in [5.41, 5.74) is 8.57.